The average molecular weight is 1260 g/mol. The highest BCUT2D eigenvalue weighted by Crippen LogP contribution is 2.38. The molecule has 0 bridgehead atoms. The number of rotatable bonds is 67. The van der Waals surface area contributed by atoms with Gasteiger partial charge in [0.05, 0.1) is 33.8 Å². The van der Waals surface area contributed by atoms with E-state index in [1.165, 1.54) is 180 Å². The van der Waals surface area contributed by atoms with Gasteiger partial charge in [-0.25, -0.2) is 0 Å². The predicted octanol–water partition coefficient (Wildman–Crippen LogP) is 23.4. The Morgan fingerprint density at radius 3 is 1.04 bits per heavy atom. The number of hydrogen-bond donors (Lipinski definition) is 1. The average Bonchev–Trinajstić information content (AvgIpc) is 3.63. The highest BCUT2D eigenvalue weighted by molar-refractivity contribution is 7.45. The molecule has 0 spiro atoms. The minimum absolute atomic E-state index is 0.0295. The number of quaternary nitrogens is 1. The molecule has 0 aromatic rings. The van der Waals surface area contributed by atoms with Crippen molar-refractivity contribution in [3.8, 4) is 0 Å². The lowest BCUT2D eigenvalue weighted by Crippen LogP contribution is -2.47. The van der Waals surface area contributed by atoms with E-state index < -0.39 is 26.6 Å². The SMILES string of the molecule is CCCCC/C=C\C/C=C\C/C=C\C/C=C\CCCCCCCCCCCCCC(=O)OC(/C=C/CCCCCCCCCCCCC)C(COP(=O)([O-])OCC[N+](C)(C)C)NC(=O)CCCCCCCCC/C=C\C/C=C\C/C=C\C/C=C\CCCCC. The second-order valence-electron chi connectivity index (χ2n) is 26.1. The van der Waals surface area contributed by atoms with Gasteiger partial charge in [-0.15, -0.1) is 0 Å². The third-order valence-corrected chi connectivity index (χ3v) is 17.1. The van der Waals surface area contributed by atoms with Crippen LogP contribution in [-0.2, 0) is 27.9 Å². The molecule has 0 fully saturated rings. The van der Waals surface area contributed by atoms with E-state index in [0.29, 0.717) is 17.4 Å². The van der Waals surface area contributed by atoms with E-state index in [-0.39, 0.29) is 24.9 Å². The molecule has 0 aromatic heterocycles. The monoisotopic (exact) mass is 1260 g/mol. The summed E-state index contributed by atoms with van der Waals surface area (Å²) < 4.78 is 30.5. The predicted molar refractivity (Wildman–Crippen MR) is 385 cm³/mol. The van der Waals surface area contributed by atoms with Crippen molar-refractivity contribution in [1.29, 1.82) is 0 Å². The van der Waals surface area contributed by atoms with Crippen molar-refractivity contribution in [2.24, 2.45) is 0 Å². The first-order chi connectivity index (χ1) is 43.4. The van der Waals surface area contributed by atoms with E-state index in [1.54, 1.807) is 0 Å². The molecule has 0 aliphatic heterocycles. The summed E-state index contributed by atoms with van der Waals surface area (Å²) in [5.74, 6) is -0.553. The van der Waals surface area contributed by atoms with E-state index in [4.69, 9.17) is 13.8 Å². The van der Waals surface area contributed by atoms with Gasteiger partial charge in [0.25, 0.3) is 7.82 Å². The number of carbonyl (C=O) groups excluding carboxylic acids is 2. The molecular formula is C79H141N2O7P. The molecule has 0 rings (SSSR count). The second-order valence-corrected chi connectivity index (χ2v) is 27.5. The number of ether oxygens (including phenoxy) is 1. The molecule has 0 aliphatic rings. The Morgan fingerprint density at radius 1 is 0.393 bits per heavy atom. The molecule has 0 saturated heterocycles. The molecule has 3 atom stereocenters. The van der Waals surface area contributed by atoms with Crippen molar-refractivity contribution in [1.82, 2.24) is 5.32 Å². The van der Waals surface area contributed by atoms with Crippen LogP contribution < -0.4 is 10.2 Å². The fourth-order valence-corrected chi connectivity index (χ4v) is 11.2. The summed E-state index contributed by atoms with van der Waals surface area (Å²) in [6.07, 6.45) is 93.5. The van der Waals surface area contributed by atoms with Gasteiger partial charge >= 0.3 is 5.97 Å². The molecule has 514 valence electrons. The molecule has 1 N–H and O–H groups in total. The maximum Gasteiger partial charge on any atom is 0.306 e. The minimum atomic E-state index is -4.72. The Balaban J connectivity index is 5.10. The van der Waals surface area contributed by atoms with E-state index in [1.807, 2.05) is 33.3 Å². The summed E-state index contributed by atoms with van der Waals surface area (Å²) >= 11 is 0. The number of esters is 1. The van der Waals surface area contributed by atoms with Crippen molar-refractivity contribution in [2.75, 3.05) is 40.9 Å². The van der Waals surface area contributed by atoms with Crippen molar-refractivity contribution < 1.29 is 37.3 Å². The third-order valence-electron chi connectivity index (χ3n) is 16.2. The lowest BCUT2D eigenvalue weighted by molar-refractivity contribution is -0.870. The number of hydrogen-bond acceptors (Lipinski definition) is 7. The molecule has 0 aliphatic carbocycles. The van der Waals surface area contributed by atoms with Crippen molar-refractivity contribution in [2.45, 2.75) is 341 Å². The Morgan fingerprint density at radius 2 is 0.685 bits per heavy atom. The topological polar surface area (TPSA) is 114 Å². The van der Waals surface area contributed by atoms with Crippen LogP contribution in [0.25, 0.3) is 0 Å². The van der Waals surface area contributed by atoms with Crippen LogP contribution in [-0.4, -0.2) is 69.4 Å². The molecule has 9 nitrogen and oxygen atoms in total. The van der Waals surface area contributed by atoms with E-state index >= 15 is 0 Å². The van der Waals surface area contributed by atoms with E-state index in [0.717, 1.165) is 116 Å². The number of carbonyl (C=O) groups is 2. The molecule has 0 heterocycles. The van der Waals surface area contributed by atoms with Crippen molar-refractivity contribution in [3.05, 3.63) is 109 Å². The zero-order valence-corrected chi connectivity index (χ0v) is 59.8. The van der Waals surface area contributed by atoms with Gasteiger partial charge in [0.1, 0.15) is 19.3 Å². The smallest absolute Gasteiger partial charge is 0.306 e. The number of phosphoric ester groups is 1. The Hall–Kier alpha value is -3.33. The van der Waals surface area contributed by atoms with E-state index in [2.05, 4.69) is 123 Å². The third kappa shape index (κ3) is 68.9. The maximum absolute atomic E-state index is 13.6. The van der Waals surface area contributed by atoms with E-state index in [9.17, 15) is 19.0 Å². The molecule has 0 aromatic carbocycles. The van der Waals surface area contributed by atoms with Gasteiger partial charge in [-0.3, -0.25) is 14.2 Å². The summed E-state index contributed by atoms with van der Waals surface area (Å²) in [6, 6.07) is -0.904. The zero-order chi connectivity index (χ0) is 64.9. The minimum Gasteiger partial charge on any atom is -0.756 e. The number of nitrogens with zero attached hydrogens (tertiary/aromatic N) is 1. The Bertz CT molecular complexity index is 1890. The fourth-order valence-electron chi connectivity index (χ4n) is 10.4. The molecule has 0 saturated carbocycles. The standard InChI is InChI=1S/C79H141N2O7P/c1-7-10-13-16-19-22-25-28-30-32-34-36-38-39-40-41-43-45-47-49-51-54-57-60-63-66-69-72-79(83)88-77(70-67-64-61-58-55-52-27-24-21-18-15-12-9-3)76(75-87-89(84,85)86-74-73-81(4,5)6)80-78(82)71-68-65-62-59-56-53-50-48-46-44-42-37-35-33-31-29-26-23-20-17-14-11-8-2/h19-20,22-23,28-31,34-37,39-40,44,46,67,70,76-77H,7-18,21,24-27,32-33,38,41-43,45,47-66,68-69,71-75H2,1-6H3,(H-,80,82,84,85)/b22-19-,23-20-,30-28-,31-29-,36-34-,37-35-,40-39-,46-44-,70-67+. The first kappa shape index (κ1) is 85.7. The number of likely N-dealkylation sites (N-methyl/N-ethyl adjacent to an activating group) is 1. The summed E-state index contributed by atoms with van der Waals surface area (Å²) in [6.45, 7) is 6.80. The van der Waals surface area contributed by atoms with Crippen molar-refractivity contribution >= 4 is 19.7 Å². The quantitative estimate of drug-likeness (QED) is 0.0212. The van der Waals surface area contributed by atoms with Crippen LogP contribution in [0.1, 0.15) is 329 Å². The molecular weight excluding hydrogens is 1120 g/mol. The molecule has 3 unspecified atom stereocenters. The second kappa shape index (κ2) is 67.6. The van der Waals surface area contributed by atoms with Crippen LogP contribution in [0.4, 0.5) is 0 Å². The number of nitrogens with one attached hydrogen (secondary N) is 1. The first-order valence-electron chi connectivity index (χ1n) is 37.2. The molecule has 10 heteroatoms. The fraction of sp³-hybridized carbons (Fsp3) is 0.747. The lowest BCUT2D eigenvalue weighted by Gasteiger charge is -2.30. The summed E-state index contributed by atoms with van der Waals surface area (Å²) in [4.78, 5) is 40.3. The Labute approximate surface area is 551 Å². The van der Waals surface area contributed by atoms with Gasteiger partial charge in [-0.1, -0.05) is 304 Å². The van der Waals surface area contributed by atoms with Crippen molar-refractivity contribution in [3.63, 3.8) is 0 Å². The van der Waals surface area contributed by atoms with Gasteiger partial charge in [0, 0.05) is 12.8 Å². The van der Waals surface area contributed by atoms with Crippen LogP contribution in [0.15, 0.2) is 109 Å². The number of phosphoric acid groups is 1. The summed E-state index contributed by atoms with van der Waals surface area (Å²) in [5, 5.41) is 3.04. The maximum atomic E-state index is 13.6. The van der Waals surface area contributed by atoms with Gasteiger partial charge in [0.2, 0.25) is 5.91 Å². The summed E-state index contributed by atoms with van der Waals surface area (Å²) in [7, 11) is 1.17. The zero-order valence-electron chi connectivity index (χ0n) is 58.9. The molecule has 0 radical (unpaired) electrons. The van der Waals surface area contributed by atoms with Crippen LogP contribution >= 0.6 is 7.82 Å². The van der Waals surface area contributed by atoms with Crippen LogP contribution in [0.3, 0.4) is 0 Å². The highest BCUT2D eigenvalue weighted by Gasteiger charge is 2.27. The lowest BCUT2D eigenvalue weighted by atomic mass is 10.0. The number of unbranched alkanes of at least 4 members (excludes halogenated alkanes) is 35. The normalized spacial score (nSPS) is 14.1. The van der Waals surface area contributed by atoms with Crippen LogP contribution in [0, 0.1) is 0 Å². The van der Waals surface area contributed by atoms with Gasteiger partial charge in [0.15, 0.2) is 0 Å². The van der Waals surface area contributed by atoms with Gasteiger partial charge in [-0.2, -0.15) is 0 Å². The van der Waals surface area contributed by atoms with Gasteiger partial charge < -0.3 is 28.5 Å². The largest absolute Gasteiger partial charge is 0.756 e. The number of allylic oxidation sites excluding steroid dienone is 17. The highest BCUT2D eigenvalue weighted by atomic mass is 31.2. The van der Waals surface area contributed by atoms with Crippen LogP contribution in [0.2, 0.25) is 0 Å². The van der Waals surface area contributed by atoms with Gasteiger partial charge in [-0.05, 0) is 122 Å². The number of amides is 1. The Kier molecular flexibility index (Phi) is 65.0. The first-order valence-corrected chi connectivity index (χ1v) is 38.7. The molecule has 1 amide bonds. The van der Waals surface area contributed by atoms with Crippen LogP contribution in [0.5, 0.6) is 0 Å². The molecule has 89 heavy (non-hydrogen) atoms. The summed E-state index contributed by atoms with van der Waals surface area (Å²) in [5.41, 5.74) is 0.